The second kappa shape index (κ2) is 13.4. The zero-order chi connectivity index (χ0) is 33.3. The van der Waals surface area contributed by atoms with Crippen molar-refractivity contribution in [3.8, 4) is 0 Å². The lowest BCUT2D eigenvalue weighted by Gasteiger charge is -2.35. The van der Waals surface area contributed by atoms with Crippen LogP contribution in [0.2, 0.25) is 0 Å². The highest BCUT2D eigenvalue weighted by molar-refractivity contribution is 6.24. The molecular weight excluding hydrogens is 602 g/mol. The highest BCUT2D eigenvalue weighted by Gasteiger charge is 2.42. The summed E-state index contributed by atoms with van der Waals surface area (Å²) in [4.78, 5) is 68.6. The number of rotatable bonds is 7. The number of likely N-dealkylation sites (tertiary alicyclic amines) is 2. The molecule has 2 N–H and O–H groups in total. The molecule has 1 aromatic carbocycles. The maximum Gasteiger partial charge on any atom is 0.410 e. The number of aromatic nitrogens is 2. The van der Waals surface area contributed by atoms with Crippen LogP contribution < -0.4 is 10.6 Å². The number of carbonyl (C=O) groups is 5. The van der Waals surface area contributed by atoms with Gasteiger partial charge in [0.1, 0.15) is 5.60 Å². The molecule has 0 spiro atoms. The molecule has 6 rings (SSSR count). The molecule has 1 unspecified atom stereocenters. The van der Waals surface area contributed by atoms with Crippen molar-refractivity contribution < 1.29 is 28.7 Å². The summed E-state index contributed by atoms with van der Waals surface area (Å²) >= 11 is 0. The molecule has 252 valence electrons. The van der Waals surface area contributed by atoms with Crippen LogP contribution in [0.1, 0.15) is 98.0 Å². The Hall–Kier alpha value is -4.42. The SMILES string of the molecule is CC(C)(C)OC(=O)N1CCC(CC(=O)N2CCC(n3cc(CNc4cccc5c4C(=O)N(C4CCC(=O)NC4)C5=O)cn3)CC2)CC1. The van der Waals surface area contributed by atoms with Crippen LogP contribution in [0.4, 0.5) is 10.5 Å². The molecule has 47 heavy (non-hydrogen) atoms. The third-order valence-corrected chi connectivity index (χ3v) is 9.61. The number of piperidine rings is 3. The van der Waals surface area contributed by atoms with Crippen LogP contribution in [-0.4, -0.2) is 98.6 Å². The van der Waals surface area contributed by atoms with Gasteiger partial charge in [0.05, 0.1) is 29.4 Å². The molecule has 3 saturated heterocycles. The predicted octanol–water partition coefficient (Wildman–Crippen LogP) is 3.57. The Morgan fingerprint density at radius 1 is 0.957 bits per heavy atom. The van der Waals surface area contributed by atoms with Crippen molar-refractivity contribution in [3.05, 3.63) is 47.3 Å². The van der Waals surface area contributed by atoms with Gasteiger partial charge in [-0.05, 0) is 70.9 Å². The fraction of sp³-hybridized carbons (Fsp3) is 0.588. The largest absolute Gasteiger partial charge is 0.444 e. The lowest BCUT2D eigenvalue weighted by molar-refractivity contribution is -0.133. The quantitative estimate of drug-likeness (QED) is 0.434. The van der Waals surface area contributed by atoms with E-state index in [9.17, 15) is 24.0 Å². The number of anilines is 1. The summed E-state index contributed by atoms with van der Waals surface area (Å²) in [6.07, 6.45) is 8.04. The van der Waals surface area contributed by atoms with Gasteiger partial charge in [0.15, 0.2) is 0 Å². The third kappa shape index (κ3) is 7.28. The third-order valence-electron chi connectivity index (χ3n) is 9.61. The van der Waals surface area contributed by atoms with Gasteiger partial charge in [-0.15, -0.1) is 0 Å². The van der Waals surface area contributed by atoms with Gasteiger partial charge in [0.2, 0.25) is 11.8 Å². The van der Waals surface area contributed by atoms with Crippen LogP contribution >= 0.6 is 0 Å². The zero-order valence-electron chi connectivity index (χ0n) is 27.5. The monoisotopic (exact) mass is 647 g/mol. The van der Waals surface area contributed by atoms with E-state index < -0.39 is 5.60 Å². The first-order valence-electron chi connectivity index (χ1n) is 16.8. The maximum absolute atomic E-state index is 13.4. The maximum atomic E-state index is 13.4. The molecule has 3 fully saturated rings. The fourth-order valence-electron chi connectivity index (χ4n) is 6.99. The van der Waals surface area contributed by atoms with Gasteiger partial charge in [0.25, 0.3) is 11.8 Å². The minimum Gasteiger partial charge on any atom is -0.444 e. The van der Waals surface area contributed by atoms with E-state index >= 15 is 0 Å². The van der Waals surface area contributed by atoms with Crippen molar-refractivity contribution in [1.82, 2.24) is 29.8 Å². The smallest absolute Gasteiger partial charge is 0.410 e. The van der Waals surface area contributed by atoms with E-state index in [4.69, 9.17) is 4.74 Å². The number of hydrogen-bond donors (Lipinski definition) is 2. The van der Waals surface area contributed by atoms with Gasteiger partial charge in [-0.3, -0.25) is 28.8 Å². The number of imide groups is 1. The van der Waals surface area contributed by atoms with Crippen molar-refractivity contribution in [2.24, 2.45) is 5.92 Å². The van der Waals surface area contributed by atoms with Crippen molar-refractivity contribution in [2.75, 3.05) is 38.0 Å². The first kappa shape index (κ1) is 32.5. The van der Waals surface area contributed by atoms with Crippen LogP contribution in [0.25, 0.3) is 0 Å². The molecule has 4 aliphatic heterocycles. The molecule has 0 radical (unpaired) electrons. The van der Waals surface area contributed by atoms with Gasteiger partial charge in [-0.25, -0.2) is 4.79 Å². The van der Waals surface area contributed by atoms with Gasteiger partial charge < -0.3 is 25.2 Å². The predicted molar refractivity (Wildman–Crippen MR) is 173 cm³/mol. The summed E-state index contributed by atoms with van der Waals surface area (Å²) in [5, 5.41) is 10.7. The molecule has 5 amide bonds. The van der Waals surface area contributed by atoms with E-state index in [-0.39, 0.29) is 54.3 Å². The second-order valence-corrected chi connectivity index (χ2v) is 14.1. The highest BCUT2D eigenvalue weighted by Crippen LogP contribution is 2.33. The minimum absolute atomic E-state index is 0.0646. The Balaban J connectivity index is 0.968. The lowest BCUT2D eigenvalue weighted by Crippen LogP contribution is -2.50. The Labute approximate surface area is 274 Å². The Kier molecular flexibility index (Phi) is 9.25. The van der Waals surface area contributed by atoms with Gasteiger partial charge in [-0.2, -0.15) is 5.10 Å². The number of amides is 5. The summed E-state index contributed by atoms with van der Waals surface area (Å²) in [7, 11) is 0. The summed E-state index contributed by atoms with van der Waals surface area (Å²) in [5.41, 5.74) is 1.77. The standard InChI is InChI=1S/C34H45N7O6/c1-34(2,3)47-33(46)39-13-9-22(10-14-39)17-29(43)38-15-11-24(12-16-38)40-21-23(19-37-40)18-35-27-6-4-5-26-30(27)32(45)41(31(26)44)25-7-8-28(42)36-20-25/h4-6,19,21-22,24-25,35H,7-18,20H2,1-3H3,(H,36,42). The highest BCUT2D eigenvalue weighted by atomic mass is 16.6. The topological polar surface area (TPSA) is 146 Å². The zero-order valence-corrected chi connectivity index (χ0v) is 27.5. The van der Waals surface area contributed by atoms with Crippen LogP contribution in [0.5, 0.6) is 0 Å². The van der Waals surface area contributed by atoms with E-state index in [1.165, 1.54) is 4.90 Å². The average molecular weight is 648 g/mol. The van der Waals surface area contributed by atoms with Crippen molar-refractivity contribution in [2.45, 2.75) is 89.9 Å². The molecule has 0 aliphatic carbocycles. The molecule has 1 atom stereocenters. The van der Waals surface area contributed by atoms with Crippen molar-refractivity contribution in [3.63, 3.8) is 0 Å². The Morgan fingerprint density at radius 2 is 1.68 bits per heavy atom. The van der Waals surface area contributed by atoms with Gasteiger partial charge in [-0.1, -0.05) is 6.07 Å². The number of ether oxygens (including phenoxy) is 1. The number of hydrogen-bond acceptors (Lipinski definition) is 8. The van der Waals surface area contributed by atoms with E-state index in [0.29, 0.717) is 68.8 Å². The van der Waals surface area contributed by atoms with Gasteiger partial charge in [0, 0.05) is 69.6 Å². The van der Waals surface area contributed by atoms with E-state index in [1.54, 1.807) is 29.3 Å². The van der Waals surface area contributed by atoms with Gasteiger partial charge >= 0.3 is 6.09 Å². The van der Waals surface area contributed by atoms with Crippen molar-refractivity contribution >= 4 is 35.4 Å². The normalized spacial score (nSPS) is 21.1. The first-order valence-corrected chi connectivity index (χ1v) is 16.8. The molecular formula is C34H45N7O6. The number of carbonyl (C=O) groups excluding carboxylic acids is 5. The van der Waals surface area contributed by atoms with Crippen LogP contribution in [0.3, 0.4) is 0 Å². The fourth-order valence-corrected chi connectivity index (χ4v) is 6.99. The van der Waals surface area contributed by atoms with Crippen LogP contribution in [0.15, 0.2) is 30.6 Å². The van der Waals surface area contributed by atoms with E-state index in [0.717, 1.165) is 31.2 Å². The molecule has 13 nitrogen and oxygen atoms in total. The first-order chi connectivity index (χ1) is 22.5. The van der Waals surface area contributed by atoms with Crippen LogP contribution in [-0.2, 0) is 20.9 Å². The molecule has 0 saturated carbocycles. The summed E-state index contributed by atoms with van der Waals surface area (Å²) < 4.78 is 7.45. The summed E-state index contributed by atoms with van der Waals surface area (Å²) in [6.45, 7) is 8.90. The number of nitrogens with one attached hydrogen (secondary N) is 2. The number of nitrogens with zero attached hydrogens (tertiary/aromatic N) is 5. The molecule has 1 aromatic heterocycles. The van der Waals surface area contributed by atoms with Crippen molar-refractivity contribution in [1.29, 1.82) is 0 Å². The minimum atomic E-state index is -0.516. The van der Waals surface area contributed by atoms with E-state index in [2.05, 4.69) is 15.7 Å². The van der Waals surface area contributed by atoms with Crippen LogP contribution in [0, 0.1) is 5.92 Å². The number of fused-ring (bicyclic) bond motifs is 1. The Bertz CT molecular complexity index is 1520. The molecule has 2 aromatic rings. The lowest BCUT2D eigenvalue weighted by atomic mass is 9.92. The van der Waals surface area contributed by atoms with E-state index in [1.807, 2.05) is 36.5 Å². The molecule has 0 bridgehead atoms. The second-order valence-electron chi connectivity index (χ2n) is 14.1. The molecule has 4 aliphatic rings. The molecule has 5 heterocycles. The summed E-state index contributed by atoms with van der Waals surface area (Å²) in [5.74, 6) is -0.268. The summed E-state index contributed by atoms with van der Waals surface area (Å²) in [6, 6.07) is 5.08. The average Bonchev–Trinajstić information content (AvgIpc) is 3.62. The Morgan fingerprint density at radius 3 is 2.36 bits per heavy atom. The number of benzene rings is 1. The molecule has 13 heteroatoms.